The van der Waals surface area contributed by atoms with Crippen LogP contribution in [-0.2, 0) is 0 Å². The van der Waals surface area contributed by atoms with Gasteiger partial charge in [-0.1, -0.05) is 18.2 Å². The molecule has 0 amide bonds. The molecule has 0 spiro atoms. The van der Waals surface area contributed by atoms with Crippen LogP contribution in [0.25, 0.3) is 33.1 Å². The first-order chi connectivity index (χ1) is 12.4. The lowest BCUT2D eigenvalue weighted by molar-refractivity contribution is 0.589. The van der Waals surface area contributed by atoms with E-state index < -0.39 is 0 Å². The predicted octanol–water partition coefficient (Wildman–Crippen LogP) is 3.19. The first-order valence-electron chi connectivity index (χ1n) is 8.67. The summed E-state index contributed by atoms with van der Waals surface area (Å²) in [6, 6.07) is 12.7. The Labute approximate surface area is 145 Å². The Balaban J connectivity index is 1.68. The number of benzene rings is 1. The Hall–Kier alpha value is -2.92. The van der Waals surface area contributed by atoms with Crippen LogP contribution in [0.3, 0.4) is 0 Å². The van der Waals surface area contributed by atoms with Crippen molar-refractivity contribution in [3.05, 3.63) is 55.0 Å². The van der Waals surface area contributed by atoms with E-state index in [1.807, 2.05) is 24.7 Å². The summed E-state index contributed by atoms with van der Waals surface area (Å²) >= 11 is 0. The molecular weight excluding hydrogens is 310 g/mol. The summed E-state index contributed by atoms with van der Waals surface area (Å²) in [5.74, 6) is 0. The van der Waals surface area contributed by atoms with E-state index in [1.54, 1.807) is 0 Å². The molecule has 1 fully saturated rings. The van der Waals surface area contributed by atoms with E-state index in [1.165, 1.54) is 16.6 Å². The van der Waals surface area contributed by atoms with Crippen molar-refractivity contribution >= 4 is 27.6 Å². The molecule has 0 atom stereocenters. The fourth-order valence-electron chi connectivity index (χ4n) is 3.68. The van der Waals surface area contributed by atoms with E-state index in [9.17, 15) is 0 Å². The van der Waals surface area contributed by atoms with E-state index >= 15 is 0 Å². The summed E-state index contributed by atoms with van der Waals surface area (Å²) < 4.78 is 0. The van der Waals surface area contributed by atoms with Crippen molar-refractivity contribution in [3.8, 4) is 11.1 Å². The number of para-hydroxylation sites is 1. The highest BCUT2D eigenvalue weighted by molar-refractivity contribution is 6.12. The van der Waals surface area contributed by atoms with Crippen molar-refractivity contribution in [2.45, 2.75) is 0 Å². The first kappa shape index (κ1) is 14.4. The van der Waals surface area contributed by atoms with E-state index in [0.29, 0.717) is 0 Å². The molecule has 25 heavy (non-hydrogen) atoms. The average Bonchev–Trinajstić information content (AvgIpc) is 3.07. The number of nitrogens with zero attached hydrogens (tertiary/aromatic N) is 3. The van der Waals surface area contributed by atoms with Crippen LogP contribution in [0.5, 0.6) is 0 Å². The zero-order valence-corrected chi connectivity index (χ0v) is 13.9. The van der Waals surface area contributed by atoms with Gasteiger partial charge in [-0.2, -0.15) is 0 Å². The van der Waals surface area contributed by atoms with Crippen molar-refractivity contribution in [1.82, 2.24) is 20.3 Å². The SMILES string of the molecule is c1ccc2c(c1)[nH]c1nccc(-c3cncc(N4CCNCC4)c3)c12. The highest BCUT2D eigenvalue weighted by Gasteiger charge is 2.14. The van der Waals surface area contributed by atoms with E-state index in [-0.39, 0.29) is 0 Å². The van der Waals surface area contributed by atoms with Crippen molar-refractivity contribution in [2.24, 2.45) is 0 Å². The lowest BCUT2D eigenvalue weighted by Crippen LogP contribution is -2.43. The van der Waals surface area contributed by atoms with Crippen LogP contribution < -0.4 is 10.2 Å². The van der Waals surface area contributed by atoms with Crippen molar-refractivity contribution in [2.75, 3.05) is 31.1 Å². The monoisotopic (exact) mass is 329 g/mol. The van der Waals surface area contributed by atoms with Crippen LogP contribution >= 0.6 is 0 Å². The van der Waals surface area contributed by atoms with E-state index in [4.69, 9.17) is 0 Å². The summed E-state index contributed by atoms with van der Waals surface area (Å²) in [6.07, 6.45) is 5.77. The molecule has 0 saturated carbocycles. The molecule has 1 aliphatic heterocycles. The number of anilines is 1. The Kier molecular flexibility index (Phi) is 3.38. The van der Waals surface area contributed by atoms with Gasteiger partial charge in [-0.15, -0.1) is 0 Å². The smallest absolute Gasteiger partial charge is 0.138 e. The van der Waals surface area contributed by atoms with Crippen molar-refractivity contribution in [1.29, 1.82) is 0 Å². The predicted molar refractivity (Wildman–Crippen MR) is 102 cm³/mol. The van der Waals surface area contributed by atoms with Crippen molar-refractivity contribution in [3.63, 3.8) is 0 Å². The third kappa shape index (κ3) is 2.44. The highest BCUT2D eigenvalue weighted by Crippen LogP contribution is 2.34. The highest BCUT2D eigenvalue weighted by atomic mass is 15.2. The first-order valence-corrected chi connectivity index (χ1v) is 8.67. The van der Waals surface area contributed by atoms with Gasteiger partial charge in [0.05, 0.1) is 11.9 Å². The molecule has 0 bridgehead atoms. The summed E-state index contributed by atoms with van der Waals surface area (Å²) in [7, 11) is 0. The summed E-state index contributed by atoms with van der Waals surface area (Å²) in [5, 5.41) is 5.76. The molecule has 2 N–H and O–H groups in total. The molecule has 5 heteroatoms. The van der Waals surface area contributed by atoms with Crippen LogP contribution in [0.4, 0.5) is 5.69 Å². The maximum Gasteiger partial charge on any atom is 0.138 e. The maximum absolute atomic E-state index is 4.52. The minimum Gasteiger partial charge on any atom is -0.368 e. The van der Waals surface area contributed by atoms with Gasteiger partial charge in [-0.05, 0) is 23.8 Å². The maximum atomic E-state index is 4.52. The fraction of sp³-hybridized carbons (Fsp3) is 0.200. The fourth-order valence-corrected chi connectivity index (χ4v) is 3.68. The average molecular weight is 329 g/mol. The van der Waals surface area contributed by atoms with Crippen molar-refractivity contribution < 1.29 is 0 Å². The number of hydrogen-bond acceptors (Lipinski definition) is 4. The van der Waals surface area contributed by atoms with E-state index in [0.717, 1.165) is 48.3 Å². The molecule has 5 nitrogen and oxygen atoms in total. The van der Waals surface area contributed by atoms with Gasteiger partial charge < -0.3 is 15.2 Å². The van der Waals surface area contributed by atoms with Gasteiger partial charge in [0.15, 0.2) is 0 Å². The molecule has 3 aromatic heterocycles. The lowest BCUT2D eigenvalue weighted by atomic mass is 10.0. The molecule has 4 heterocycles. The van der Waals surface area contributed by atoms with E-state index in [2.05, 4.69) is 55.5 Å². The third-order valence-corrected chi connectivity index (χ3v) is 4.92. The lowest BCUT2D eigenvalue weighted by Gasteiger charge is -2.29. The molecule has 5 rings (SSSR count). The van der Waals surface area contributed by atoms with Gasteiger partial charge >= 0.3 is 0 Å². The second-order valence-corrected chi connectivity index (χ2v) is 6.42. The molecule has 1 aromatic carbocycles. The molecule has 4 aromatic rings. The Morgan fingerprint density at radius 2 is 1.88 bits per heavy atom. The number of hydrogen-bond donors (Lipinski definition) is 2. The minimum absolute atomic E-state index is 0.922. The molecule has 0 unspecified atom stereocenters. The number of aromatic nitrogens is 3. The topological polar surface area (TPSA) is 56.8 Å². The zero-order valence-electron chi connectivity index (χ0n) is 13.9. The summed E-state index contributed by atoms with van der Waals surface area (Å²) in [6.45, 7) is 4.08. The van der Waals surface area contributed by atoms with Crippen LogP contribution in [0, 0.1) is 0 Å². The van der Waals surface area contributed by atoms with Gasteiger partial charge in [0, 0.05) is 60.4 Å². The second-order valence-electron chi connectivity index (χ2n) is 6.42. The number of piperazine rings is 1. The molecule has 0 radical (unpaired) electrons. The Bertz CT molecular complexity index is 1050. The van der Waals surface area contributed by atoms with Gasteiger partial charge in [0.1, 0.15) is 5.65 Å². The quantitative estimate of drug-likeness (QED) is 0.593. The van der Waals surface area contributed by atoms with Crippen LogP contribution in [-0.4, -0.2) is 41.1 Å². The molecule has 1 aliphatic rings. The van der Waals surface area contributed by atoms with Gasteiger partial charge in [-0.25, -0.2) is 4.98 Å². The standard InChI is InChI=1S/C20H19N5/c1-2-4-18-17(3-1)19-16(5-6-23-20(19)24-18)14-11-15(13-22-12-14)25-9-7-21-8-10-25/h1-6,11-13,21H,7-10H2,(H,23,24). The normalized spacial score (nSPS) is 15.1. The number of pyridine rings is 2. The Morgan fingerprint density at radius 3 is 2.80 bits per heavy atom. The number of fused-ring (bicyclic) bond motifs is 3. The van der Waals surface area contributed by atoms with Gasteiger partial charge in [0.25, 0.3) is 0 Å². The summed E-state index contributed by atoms with van der Waals surface area (Å²) in [5.41, 5.74) is 5.53. The third-order valence-electron chi connectivity index (χ3n) is 4.92. The van der Waals surface area contributed by atoms with Crippen LogP contribution in [0.15, 0.2) is 55.0 Å². The number of H-pyrrole nitrogens is 1. The molecule has 1 saturated heterocycles. The molecular formula is C20H19N5. The van der Waals surface area contributed by atoms with Crippen LogP contribution in [0.1, 0.15) is 0 Å². The minimum atomic E-state index is 0.922. The largest absolute Gasteiger partial charge is 0.368 e. The molecule has 124 valence electrons. The molecule has 0 aliphatic carbocycles. The van der Waals surface area contributed by atoms with Gasteiger partial charge in [0.2, 0.25) is 0 Å². The number of aromatic amines is 1. The Morgan fingerprint density at radius 1 is 1.00 bits per heavy atom. The number of nitrogens with one attached hydrogen (secondary N) is 2. The van der Waals surface area contributed by atoms with Gasteiger partial charge in [-0.3, -0.25) is 4.98 Å². The summed E-state index contributed by atoms with van der Waals surface area (Å²) in [4.78, 5) is 14.8. The number of rotatable bonds is 2. The zero-order chi connectivity index (χ0) is 16.6. The second kappa shape index (κ2) is 5.86. The van der Waals surface area contributed by atoms with Crippen LogP contribution in [0.2, 0.25) is 0 Å².